The molecule has 2 N–H and O–H groups in total. The Labute approximate surface area is 50.1 Å². The Hall–Kier alpha value is -0.110. The molecule has 0 radical (unpaired) electrons. The van der Waals surface area contributed by atoms with Crippen molar-refractivity contribution in [1.29, 1.82) is 0 Å². The SMILES string of the molecule is CC(C)[C@H](N)C(C)F. The summed E-state index contributed by atoms with van der Waals surface area (Å²) in [6.45, 7) is 5.33. The van der Waals surface area contributed by atoms with E-state index in [2.05, 4.69) is 0 Å². The average molecular weight is 119 g/mol. The molecule has 0 aromatic carbocycles. The molecule has 1 nitrogen and oxygen atoms in total. The van der Waals surface area contributed by atoms with Gasteiger partial charge in [-0.25, -0.2) is 4.39 Å². The van der Waals surface area contributed by atoms with Gasteiger partial charge in [-0.3, -0.25) is 0 Å². The third kappa shape index (κ3) is 2.26. The van der Waals surface area contributed by atoms with Crippen molar-refractivity contribution in [1.82, 2.24) is 0 Å². The summed E-state index contributed by atoms with van der Waals surface area (Å²) in [6.07, 6.45) is -0.880. The zero-order chi connectivity index (χ0) is 6.73. The van der Waals surface area contributed by atoms with Crippen LogP contribution < -0.4 is 5.73 Å². The fourth-order valence-corrected chi connectivity index (χ4v) is 0.530. The van der Waals surface area contributed by atoms with E-state index in [4.69, 9.17) is 5.73 Å². The Morgan fingerprint density at radius 2 is 1.62 bits per heavy atom. The number of rotatable bonds is 2. The second-order valence-electron chi connectivity index (χ2n) is 2.50. The quantitative estimate of drug-likeness (QED) is 0.583. The molecule has 0 spiro atoms. The summed E-state index contributed by atoms with van der Waals surface area (Å²) in [5.74, 6) is 0.245. The topological polar surface area (TPSA) is 26.0 Å². The van der Waals surface area contributed by atoms with Crippen LogP contribution in [0.5, 0.6) is 0 Å². The lowest BCUT2D eigenvalue weighted by molar-refractivity contribution is 0.263. The lowest BCUT2D eigenvalue weighted by Gasteiger charge is -2.15. The molecule has 0 aliphatic carbocycles. The minimum Gasteiger partial charge on any atom is -0.325 e. The maximum atomic E-state index is 12.2. The van der Waals surface area contributed by atoms with Crippen molar-refractivity contribution in [3.63, 3.8) is 0 Å². The van der Waals surface area contributed by atoms with Crippen molar-refractivity contribution in [2.45, 2.75) is 33.0 Å². The van der Waals surface area contributed by atoms with Crippen LogP contribution in [0.4, 0.5) is 4.39 Å². The van der Waals surface area contributed by atoms with Crippen molar-refractivity contribution in [3.8, 4) is 0 Å². The standard InChI is InChI=1S/C6H14FN/c1-4(2)6(8)5(3)7/h4-6H,8H2,1-3H3/t5?,6-/m0/s1. The first-order valence-corrected chi connectivity index (χ1v) is 2.95. The summed E-state index contributed by atoms with van der Waals surface area (Å²) in [6, 6.07) is -0.296. The molecule has 50 valence electrons. The van der Waals surface area contributed by atoms with Gasteiger partial charge in [0.05, 0.1) is 0 Å². The van der Waals surface area contributed by atoms with Crippen LogP contribution in [0.1, 0.15) is 20.8 Å². The van der Waals surface area contributed by atoms with Gasteiger partial charge in [-0.05, 0) is 12.8 Å². The first-order chi connectivity index (χ1) is 3.55. The van der Waals surface area contributed by atoms with Gasteiger partial charge < -0.3 is 5.73 Å². The molecule has 0 aromatic heterocycles. The summed E-state index contributed by atoms with van der Waals surface area (Å²) < 4.78 is 12.2. The van der Waals surface area contributed by atoms with Crippen molar-refractivity contribution >= 4 is 0 Å². The zero-order valence-corrected chi connectivity index (χ0v) is 5.69. The highest BCUT2D eigenvalue weighted by atomic mass is 19.1. The Morgan fingerprint density at radius 1 is 1.25 bits per heavy atom. The van der Waals surface area contributed by atoms with E-state index < -0.39 is 6.17 Å². The fourth-order valence-electron chi connectivity index (χ4n) is 0.530. The van der Waals surface area contributed by atoms with E-state index in [1.165, 1.54) is 6.92 Å². The van der Waals surface area contributed by atoms with Gasteiger partial charge >= 0.3 is 0 Å². The summed E-state index contributed by atoms with van der Waals surface area (Å²) in [5, 5.41) is 0. The van der Waals surface area contributed by atoms with Crippen molar-refractivity contribution in [2.75, 3.05) is 0 Å². The van der Waals surface area contributed by atoms with E-state index >= 15 is 0 Å². The first-order valence-electron chi connectivity index (χ1n) is 2.95. The minimum atomic E-state index is -0.880. The lowest BCUT2D eigenvalue weighted by atomic mass is 10.0. The van der Waals surface area contributed by atoms with Crippen LogP contribution in [0.15, 0.2) is 0 Å². The van der Waals surface area contributed by atoms with Crippen LogP contribution in [0.3, 0.4) is 0 Å². The normalized spacial score (nSPS) is 18.8. The summed E-state index contributed by atoms with van der Waals surface area (Å²) >= 11 is 0. The van der Waals surface area contributed by atoms with E-state index in [9.17, 15) is 4.39 Å². The average Bonchev–Trinajstić information content (AvgIpc) is 1.64. The maximum absolute atomic E-state index is 12.2. The van der Waals surface area contributed by atoms with Gasteiger partial charge in [0, 0.05) is 6.04 Å². The molecule has 1 unspecified atom stereocenters. The van der Waals surface area contributed by atoms with E-state index in [0.717, 1.165) is 0 Å². The van der Waals surface area contributed by atoms with Gasteiger partial charge in [-0.1, -0.05) is 13.8 Å². The largest absolute Gasteiger partial charge is 0.325 e. The molecular formula is C6H14FN. The molecule has 0 fully saturated rings. The van der Waals surface area contributed by atoms with Gasteiger partial charge in [0.1, 0.15) is 6.17 Å². The van der Waals surface area contributed by atoms with Crippen LogP contribution in [0.2, 0.25) is 0 Å². The van der Waals surface area contributed by atoms with E-state index in [-0.39, 0.29) is 12.0 Å². The van der Waals surface area contributed by atoms with Gasteiger partial charge in [-0.15, -0.1) is 0 Å². The third-order valence-corrected chi connectivity index (χ3v) is 1.30. The van der Waals surface area contributed by atoms with Crippen molar-refractivity contribution < 1.29 is 4.39 Å². The monoisotopic (exact) mass is 119 g/mol. The van der Waals surface area contributed by atoms with Crippen LogP contribution in [-0.4, -0.2) is 12.2 Å². The maximum Gasteiger partial charge on any atom is 0.113 e. The van der Waals surface area contributed by atoms with Gasteiger partial charge in [0.2, 0.25) is 0 Å². The molecule has 2 atom stereocenters. The Balaban J connectivity index is 3.46. The molecular weight excluding hydrogens is 105 g/mol. The second kappa shape index (κ2) is 3.02. The molecule has 0 aliphatic rings. The number of alkyl halides is 1. The second-order valence-corrected chi connectivity index (χ2v) is 2.50. The van der Waals surface area contributed by atoms with Crippen LogP contribution in [-0.2, 0) is 0 Å². The highest BCUT2D eigenvalue weighted by Gasteiger charge is 2.13. The molecule has 0 saturated heterocycles. The van der Waals surface area contributed by atoms with E-state index in [0.29, 0.717) is 0 Å². The van der Waals surface area contributed by atoms with E-state index in [1.807, 2.05) is 13.8 Å². The highest BCUT2D eigenvalue weighted by molar-refractivity contribution is 4.70. The van der Waals surface area contributed by atoms with Crippen molar-refractivity contribution in [2.24, 2.45) is 11.7 Å². The van der Waals surface area contributed by atoms with Gasteiger partial charge in [0.15, 0.2) is 0 Å². The number of halogens is 1. The third-order valence-electron chi connectivity index (χ3n) is 1.30. The predicted octanol–water partition coefficient (Wildman–Crippen LogP) is 1.33. The van der Waals surface area contributed by atoms with Crippen molar-refractivity contribution in [3.05, 3.63) is 0 Å². The molecule has 0 bridgehead atoms. The molecule has 8 heavy (non-hydrogen) atoms. The minimum absolute atomic E-state index is 0.245. The summed E-state index contributed by atoms with van der Waals surface area (Å²) in [4.78, 5) is 0. The smallest absolute Gasteiger partial charge is 0.113 e. The molecule has 0 heterocycles. The highest BCUT2D eigenvalue weighted by Crippen LogP contribution is 2.05. The van der Waals surface area contributed by atoms with E-state index in [1.54, 1.807) is 0 Å². The van der Waals surface area contributed by atoms with Gasteiger partial charge in [-0.2, -0.15) is 0 Å². The van der Waals surface area contributed by atoms with Crippen LogP contribution >= 0.6 is 0 Å². The molecule has 0 saturated carbocycles. The number of nitrogens with two attached hydrogens (primary N) is 1. The lowest BCUT2D eigenvalue weighted by Crippen LogP contribution is -2.34. The first kappa shape index (κ1) is 7.89. The van der Waals surface area contributed by atoms with Crippen LogP contribution in [0, 0.1) is 5.92 Å². The predicted molar refractivity (Wildman–Crippen MR) is 33.4 cm³/mol. The fraction of sp³-hybridized carbons (Fsp3) is 1.00. The molecule has 2 heteroatoms. The molecule has 0 amide bonds. The zero-order valence-electron chi connectivity index (χ0n) is 5.69. The van der Waals surface area contributed by atoms with Crippen LogP contribution in [0.25, 0.3) is 0 Å². The molecule has 0 aromatic rings. The Bertz CT molecular complexity index is 53.5. The molecule has 0 aliphatic heterocycles. The Kier molecular flexibility index (Phi) is 2.98. The van der Waals surface area contributed by atoms with Gasteiger partial charge in [0.25, 0.3) is 0 Å². The number of hydrogen-bond donors (Lipinski definition) is 1. The summed E-state index contributed by atoms with van der Waals surface area (Å²) in [7, 11) is 0. The summed E-state index contributed by atoms with van der Waals surface area (Å²) in [5.41, 5.74) is 5.38. The Morgan fingerprint density at radius 3 is 1.62 bits per heavy atom. The molecule has 0 rings (SSSR count). The number of hydrogen-bond acceptors (Lipinski definition) is 1.